The Kier molecular flexibility index (Phi) is 4.79. The van der Waals surface area contributed by atoms with E-state index in [2.05, 4.69) is 5.32 Å². The summed E-state index contributed by atoms with van der Waals surface area (Å²) in [4.78, 5) is 28.5. The van der Waals surface area contributed by atoms with Crippen molar-refractivity contribution in [3.05, 3.63) is 59.9 Å². The first-order valence-corrected chi connectivity index (χ1v) is 9.31. The Morgan fingerprint density at radius 1 is 0.963 bits per heavy atom. The Balaban J connectivity index is 1.39. The summed E-state index contributed by atoms with van der Waals surface area (Å²) in [6.45, 7) is 2.24. The number of nitrogens with one attached hydrogen (secondary N) is 1. The fourth-order valence-corrected chi connectivity index (χ4v) is 3.36. The van der Waals surface area contributed by atoms with Crippen LogP contribution in [0.2, 0.25) is 0 Å². The number of nitrogens with zero attached hydrogens (tertiary/aromatic N) is 2. The van der Waals surface area contributed by atoms with E-state index in [-0.39, 0.29) is 23.5 Å². The number of hydrogen-bond acceptors (Lipinski definition) is 3. The summed E-state index contributed by atoms with van der Waals surface area (Å²) < 4.78 is 13.9. The molecule has 1 aliphatic heterocycles. The van der Waals surface area contributed by atoms with Crippen molar-refractivity contribution >= 4 is 23.2 Å². The molecule has 1 heterocycles. The molecule has 1 N–H and O–H groups in total. The van der Waals surface area contributed by atoms with Crippen molar-refractivity contribution in [2.24, 2.45) is 5.92 Å². The minimum Gasteiger partial charge on any atom is -0.366 e. The van der Waals surface area contributed by atoms with Crippen LogP contribution in [0.15, 0.2) is 48.5 Å². The SMILES string of the molecule is O=C(Nc1cccc(C(=O)N2CCN(c3ccccc3F)CC2)c1)C1CC1. The van der Waals surface area contributed by atoms with Gasteiger partial charge in [-0.2, -0.15) is 0 Å². The highest BCUT2D eigenvalue weighted by molar-refractivity contribution is 5.98. The second kappa shape index (κ2) is 7.39. The lowest BCUT2D eigenvalue weighted by Gasteiger charge is -2.36. The van der Waals surface area contributed by atoms with Gasteiger partial charge in [0.1, 0.15) is 5.82 Å². The van der Waals surface area contributed by atoms with E-state index in [0.29, 0.717) is 43.1 Å². The predicted molar refractivity (Wildman–Crippen MR) is 102 cm³/mol. The topological polar surface area (TPSA) is 52.7 Å². The largest absolute Gasteiger partial charge is 0.366 e. The number of para-hydroxylation sites is 1. The van der Waals surface area contributed by atoms with Gasteiger partial charge in [-0.15, -0.1) is 0 Å². The second-order valence-corrected chi connectivity index (χ2v) is 7.07. The van der Waals surface area contributed by atoms with Crippen LogP contribution in [0.25, 0.3) is 0 Å². The van der Waals surface area contributed by atoms with E-state index in [9.17, 15) is 14.0 Å². The number of amides is 2. The van der Waals surface area contributed by atoms with Crippen molar-refractivity contribution in [3.63, 3.8) is 0 Å². The zero-order chi connectivity index (χ0) is 18.8. The molecule has 0 aromatic heterocycles. The molecule has 2 aromatic carbocycles. The van der Waals surface area contributed by atoms with Gasteiger partial charge in [0.25, 0.3) is 5.91 Å². The Labute approximate surface area is 157 Å². The summed E-state index contributed by atoms with van der Waals surface area (Å²) in [5.74, 6) is -0.156. The van der Waals surface area contributed by atoms with Crippen molar-refractivity contribution in [1.82, 2.24) is 4.90 Å². The summed E-state index contributed by atoms with van der Waals surface area (Å²) in [7, 11) is 0. The third kappa shape index (κ3) is 3.94. The third-order valence-corrected chi connectivity index (χ3v) is 5.09. The van der Waals surface area contributed by atoms with Crippen LogP contribution in [-0.4, -0.2) is 42.9 Å². The molecule has 0 radical (unpaired) electrons. The average Bonchev–Trinajstić information content (AvgIpc) is 3.54. The number of halogens is 1. The second-order valence-electron chi connectivity index (χ2n) is 7.07. The number of hydrogen-bond donors (Lipinski definition) is 1. The van der Waals surface area contributed by atoms with Crippen LogP contribution < -0.4 is 10.2 Å². The molecule has 1 aliphatic carbocycles. The van der Waals surface area contributed by atoms with Crippen LogP contribution in [0.3, 0.4) is 0 Å². The van der Waals surface area contributed by atoms with Crippen molar-refractivity contribution in [2.45, 2.75) is 12.8 Å². The van der Waals surface area contributed by atoms with E-state index in [4.69, 9.17) is 0 Å². The third-order valence-electron chi connectivity index (χ3n) is 5.09. The van der Waals surface area contributed by atoms with Crippen LogP contribution in [0.5, 0.6) is 0 Å². The number of rotatable bonds is 4. The first-order chi connectivity index (χ1) is 13.1. The number of carbonyl (C=O) groups is 2. The van der Waals surface area contributed by atoms with Gasteiger partial charge in [-0.3, -0.25) is 9.59 Å². The minimum absolute atomic E-state index is 0.0260. The summed E-state index contributed by atoms with van der Waals surface area (Å²) >= 11 is 0. The molecule has 140 valence electrons. The van der Waals surface area contributed by atoms with Gasteiger partial charge in [-0.25, -0.2) is 4.39 Å². The zero-order valence-electron chi connectivity index (χ0n) is 15.0. The molecule has 2 fully saturated rings. The lowest BCUT2D eigenvalue weighted by Crippen LogP contribution is -2.49. The van der Waals surface area contributed by atoms with E-state index in [1.54, 1.807) is 41.3 Å². The number of carbonyl (C=O) groups excluding carboxylic acids is 2. The van der Waals surface area contributed by atoms with Gasteiger partial charge in [0.05, 0.1) is 5.69 Å². The maximum atomic E-state index is 13.9. The maximum Gasteiger partial charge on any atom is 0.254 e. The van der Waals surface area contributed by atoms with Crippen molar-refractivity contribution in [2.75, 3.05) is 36.4 Å². The fraction of sp³-hybridized carbons (Fsp3) is 0.333. The van der Waals surface area contributed by atoms with Gasteiger partial charge in [0.2, 0.25) is 5.91 Å². The molecular weight excluding hydrogens is 345 g/mol. The molecular formula is C21H22FN3O2. The van der Waals surface area contributed by atoms with E-state index < -0.39 is 0 Å². The van der Waals surface area contributed by atoms with Gasteiger partial charge in [-0.1, -0.05) is 18.2 Å². The van der Waals surface area contributed by atoms with Gasteiger partial charge < -0.3 is 15.1 Å². The van der Waals surface area contributed by atoms with Crippen LogP contribution in [0.1, 0.15) is 23.2 Å². The van der Waals surface area contributed by atoms with E-state index in [0.717, 1.165) is 12.8 Å². The van der Waals surface area contributed by atoms with Gasteiger partial charge in [0, 0.05) is 43.3 Å². The van der Waals surface area contributed by atoms with Crippen molar-refractivity contribution in [3.8, 4) is 0 Å². The minimum atomic E-state index is -0.239. The van der Waals surface area contributed by atoms with E-state index in [1.807, 2.05) is 11.0 Å². The Morgan fingerprint density at radius 2 is 1.70 bits per heavy atom. The highest BCUT2D eigenvalue weighted by atomic mass is 19.1. The molecule has 0 spiro atoms. The van der Waals surface area contributed by atoms with Crippen molar-refractivity contribution in [1.29, 1.82) is 0 Å². The molecule has 2 aromatic rings. The quantitative estimate of drug-likeness (QED) is 0.903. The number of piperazine rings is 1. The van der Waals surface area contributed by atoms with Gasteiger partial charge >= 0.3 is 0 Å². The van der Waals surface area contributed by atoms with Gasteiger partial charge in [0.15, 0.2) is 0 Å². The van der Waals surface area contributed by atoms with Crippen LogP contribution >= 0.6 is 0 Å². The molecule has 0 bridgehead atoms. The summed E-state index contributed by atoms with van der Waals surface area (Å²) in [6.07, 6.45) is 1.88. The number of anilines is 2. The lowest BCUT2D eigenvalue weighted by atomic mass is 10.1. The number of benzene rings is 2. The Hall–Kier alpha value is -2.89. The van der Waals surface area contributed by atoms with E-state index in [1.165, 1.54) is 6.07 Å². The smallest absolute Gasteiger partial charge is 0.254 e. The average molecular weight is 367 g/mol. The monoisotopic (exact) mass is 367 g/mol. The lowest BCUT2D eigenvalue weighted by molar-refractivity contribution is -0.117. The molecule has 1 saturated carbocycles. The predicted octanol–water partition coefficient (Wildman–Crippen LogP) is 3.14. The highest BCUT2D eigenvalue weighted by Crippen LogP contribution is 2.30. The molecule has 4 rings (SSSR count). The molecule has 5 nitrogen and oxygen atoms in total. The van der Waals surface area contributed by atoms with Crippen molar-refractivity contribution < 1.29 is 14.0 Å². The first kappa shape index (κ1) is 17.5. The molecule has 2 aliphatic rings. The molecule has 0 atom stereocenters. The van der Waals surface area contributed by atoms with Crippen LogP contribution in [-0.2, 0) is 4.79 Å². The van der Waals surface area contributed by atoms with E-state index >= 15 is 0 Å². The highest BCUT2D eigenvalue weighted by Gasteiger charge is 2.30. The first-order valence-electron chi connectivity index (χ1n) is 9.31. The molecule has 1 saturated heterocycles. The van der Waals surface area contributed by atoms with Crippen LogP contribution in [0.4, 0.5) is 15.8 Å². The van der Waals surface area contributed by atoms with Gasteiger partial charge in [-0.05, 0) is 43.2 Å². The summed E-state index contributed by atoms with van der Waals surface area (Å²) in [6, 6.07) is 13.8. The Bertz CT molecular complexity index is 858. The Morgan fingerprint density at radius 3 is 2.41 bits per heavy atom. The summed E-state index contributed by atoms with van der Waals surface area (Å²) in [5.41, 5.74) is 1.79. The zero-order valence-corrected chi connectivity index (χ0v) is 15.0. The molecule has 27 heavy (non-hydrogen) atoms. The normalized spacial score (nSPS) is 16.9. The molecule has 0 unspecified atom stereocenters. The maximum absolute atomic E-state index is 13.9. The van der Waals surface area contributed by atoms with Crippen LogP contribution in [0, 0.1) is 11.7 Å². The molecule has 2 amide bonds. The summed E-state index contributed by atoms with van der Waals surface area (Å²) in [5, 5.41) is 2.88. The fourth-order valence-electron chi connectivity index (χ4n) is 3.36. The molecule has 6 heteroatoms. The standard InChI is InChI=1S/C21H22FN3O2/c22-18-6-1-2-7-19(18)24-10-12-25(13-11-24)21(27)16-4-3-5-17(14-16)23-20(26)15-8-9-15/h1-7,14-15H,8-13H2,(H,23,26).